The van der Waals surface area contributed by atoms with Crippen molar-refractivity contribution in [3.05, 3.63) is 35.5 Å². The van der Waals surface area contributed by atoms with Crippen LogP contribution in [0.25, 0.3) is 11.3 Å². The number of nitrogens with zero attached hydrogens (tertiary/aromatic N) is 2. The number of hydrogen-bond donors (Lipinski definition) is 1. The van der Waals surface area contributed by atoms with Crippen LogP contribution in [-0.2, 0) is 6.54 Å². The molecule has 1 aromatic heterocycles. The number of rotatable bonds is 5. The summed E-state index contributed by atoms with van der Waals surface area (Å²) < 4.78 is 7.17. The predicted molar refractivity (Wildman–Crippen MR) is 80.7 cm³/mol. The van der Waals surface area contributed by atoms with E-state index in [0.717, 1.165) is 22.6 Å². The highest BCUT2D eigenvalue weighted by atomic mass is 16.5. The van der Waals surface area contributed by atoms with Crippen LogP contribution in [0.15, 0.2) is 24.3 Å². The van der Waals surface area contributed by atoms with Gasteiger partial charge in [-0.15, -0.1) is 0 Å². The third-order valence-electron chi connectivity index (χ3n) is 3.25. The normalized spacial score (nSPS) is 10.9. The number of carboxylic acids is 1. The predicted octanol–water partition coefficient (Wildman–Crippen LogP) is 3.22. The van der Waals surface area contributed by atoms with E-state index in [-0.39, 0.29) is 5.69 Å². The van der Waals surface area contributed by atoms with Crippen LogP contribution >= 0.6 is 0 Å². The lowest BCUT2D eigenvalue weighted by Crippen LogP contribution is -2.09. The van der Waals surface area contributed by atoms with Crippen molar-refractivity contribution >= 4 is 5.97 Å². The second kappa shape index (κ2) is 5.99. The summed E-state index contributed by atoms with van der Waals surface area (Å²) in [6.07, 6.45) is 0. The highest BCUT2D eigenvalue weighted by Crippen LogP contribution is 2.33. The summed E-state index contributed by atoms with van der Waals surface area (Å²) in [4.78, 5) is 11.2. The van der Waals surface area contributed by atoms with Crippen LogP contribution in [0.2, 0.25) is 0 Å². The zero-order chi connectivity index (χ0) is 15.6. The van der Waals surface area contributed by atoms with Crippen molar-refractivity contribution < 1.29 is 14.6 Å². The summed E-state index contributed by atoms with van der Waals surface area (Å²) in [5.74, 6) is 0.0588. The fourth-order valence-corrected chi connectivity index (χ4v) is 2.35. The molecule has 2 aromatic rings. The molecule has 0 unspecified atom stereocenters. The monoisotopic (exact) mass is 288 g/mol. The largest absolute Gasteiger partial charge is 0.496 e. The Morgan fingerprint density at radius 2 is 2.14 bits per heavy atom. The summed E-state index contributed by atoms with van der Waals surface area (Å²) in [6.45, 7) is 6.77. The number of methoxy groups -OCH3 is 1. The number of hydrogen-bond acceptors (Lipinski definition) is 3. The molecule has 0 aliphatic rings. The average Bonchev–Trinajstić information content (AvgIpc) is 2.81. The SMILES string of the molecule is COc1cccc(C)c1-c1cc(C(=O)O)nn1CC(C)C. The van der Waals surface area contributed by atoms with Gasteiger partial charge in [-0.1, -0.05) is 26.0 Å². The zero-order valence-corrected chi connectivity index (χ0v) is 12.8. The number of aryl methyl sites for hydroxylation is 1. The molecular weight excluding hydrogens is 268 g/mol. The smallest absolute Gasteiger partial charge is 0.356 e. The number of aromatic nitrogens is 2. The van der Waals surface area contributed by atoms with Crippen molar-refractivity contribution in [2.75, 3.05) is 7.11 Å². The van der Waals surface area contributed by atoms with Gasteiger partial charge in [0.1, 0.15) is 5.75 Å². The minimum atomic E-state index is -1.02. The number of aromatic carboxylic acids is 1. The molecule has 0 spiro atoms. The highest BCUT2D eigenvalue weighted by Gasteiger charge is 2.19. The van der Waals surface area contributed by atoms with E-state index in [9.17, 15) is 9.90 Å². The Morgan fingerprint density at radius 3 is 2.71 bits per heavy atom. The number of benzene rings is 1. The van der Waals surface area contributed by atoms with Crippen LogP contribution in [-0.4, -0.2) is 28.0 Å². The minimum absolute atomic E-state index is 0.0518. The molecule has 1 aromatic carbocycles. The Hall–Kier alpha value is -2.30. The zero-order valence-electron chi connectivity index (χ0n) is 12.8. The lowest BCUT2D eigenvalue weighted by molar-refractivity contribution is 0.0689. The maximum absolute atomic E-state index is 11.2. The standard InChI is InChI=1S/C16H20N2O3/c1-10(2)9-18-13(8-12(17-18)16(19)20)15-11(3)6-5-7-14(15)21-4/h5-8,10H,9H2,1-4H3,(H,19,20). The van der Waals surface area contributed by atoms with Crippen molar-refractivity contribution in [2.24, 2.45) is 5.92 Å². The van der Waals surface area contributed by atoms with Crippen molar-refractivity contribution in [3.63, 3.8) is 0 Å². The van der Waals surface area contributed by atoms with Crippen LogP contribution < -0.4 is 4.74 Å². The maximum atomic E-state index is 11.2. The lowest BCUT2D eigenvalue weighted by atomic mass is 10.0. The fraction of sp³-hybridized carbons (Fsp3) is 0.375. The number of carbonyl (C=O) groups is 1. The molecule has 0 bridgehead atoms. The van der Waals surface area contributed by atoms with E-state index in [2.05, 4.69) is 18.9 Å². The molecule has 2 rings (SSSR count). The lowest BCUT2D eigenvalue weighted by Gasteiger charge is -2.14. The number of carboxylic acid groups (broad SMARTS) is 1. The molecular formula is C16H20N2O3. The first-order chi connectivity index (χ1) is 9.93. The van der Waals surface area contributed by atoms with E-state index < -0.39 is 5.97 Å². The van der Waals surface area contributed by atoms with E-state index in [0.29, 0.717) is 12.5 Å². The summed E-state index contributed by atoms with van der Waals surface area (Å²) in [6, 6.07) is 7.37. The molecule has 0 radical (unpaired) electrons. The van der Waals surface area contributed by atoms with Crippen LogP contribution in [0.3, 0.4) is 0 Å². The summed E-state index contributed by atoms with van der Waals surface area (Å²) >= 11 is 0. The molecule has 0 fully saturated rings. The Balaban J connectivity index is 2.64. The topological polar surface area (TPSA) is 64.3 Å². The molecule has 0 amide bonds. The van der Waals surface area contributed by atoms with E-state index in [1.54, 1.807) is 17.9 Å². The second-order valence-electron chi connectivity index (χ2n) is 5.45. The first-order valence-corrected chi connectivity index (χ1v) is 6.89. The van der Waals surface area contributed by atoms with Crippen LogP contribution in [0.1, 0.15) is 29.9 Å². The third-order valence-corrected chi connectivity index (χ3v) is 3.25. The van der Waals surface area contributed by atoms with Gasteiger partial charge in [-0.25, -0.2) is 4.79 Å². The summed E-state index contributed by atoms with van der Waals surface area (Å²) in [5.41, 5.74) is 2.74. The van der Waals surface area contributed by atoms with Crippen molar-refractivity contribution in [2.45, 2.75) is 27.3 Å². The summed E-state index contributed by atoms with van der Waals surface area (Å²) in [5, 5.41) is 13.4. The van der Waals surface area contributed by atoms with Gasteiger partial charge in [0.05, 0.1) is 12.8 Å². The Labute approximate surface area is 124 Å². The molecule has 5 heteroatoms. The van der Waals surface area contributed by atoms with Crippen molar-refractivity contribution in [1.29, 1.82) is 0 Å². The van der Waals surface area contributed by atoms with Gasteiger partial charge in [-0.3, -0.25) is 4.68 Å². The fourth-order valence-electron chi connectivity index (χ4n) is 2.35. The van der Waals surface area contributed by atoms with E-state index in [4.69, 9.17) is 4.74 Å². The van der Waals surface area contributed by atoms with Gasteiger partial charge < -0.3 is 9.84 Å². The highest BCUT2D eigenvalue weighted by molar-refractivity contribution is 5.87. The van der Waals surface area contributed by atoms with Gasteiger partial charge in [-0.2, -0.15) is 5.10 Å². The molecule has 0 atom stereocenters. The van der Waals surface area contributed by atoms with Crippen molar-refractivity contribution in [3.8, 4) is 17.0 Å². The van der Waals surface area contributed by atoms with Gasteiger partial charge in [0, 0.05) is 12.1 Å². The van der Waals surface area contributed by atoms with E-state index in [1.807, 2.05) is 25.1 Å². The van der Waals surface area contributed by atoms with Crippen LogP contribution in [0.5, 0.6) is 5.75 Å². The van der Waals surface area contributed by atoms with Gasteiger partial charge >= 0.3 is 5.97 Å². The molecule has 1 heterocycles. The summed E-state index contributed by atoms with van der Waals surface area (Å²) in [7, 11) is 1.61. The molecule has 1 N–H and O–H groups in total. The van der Waals surface area contributed by atoms with Gasteiger partial charge in [-0.05, 0) is 30.5 Å². The van der Waals surface area contributed by atoms with Crippen molar-refractivity contribution in [1.82, 2.24) is 9.78 Å². The Morgan fingerprint density at radius 1 is 1.43 bits per heavy atom. The first kappa shape index (κ1) is 15.1. The molecule has 21 heavy (non-hydrogen) atoms. The maximum Gasteiger partial charge on any atom is 0.356 e. The minimum Gasteiger partial charge on any atom is -0.496 e. The Kier molecular flexibility index (Phi) is 4.31. The Bertz CT molecular complexity index is 660. The molecule has 0 saturated heterocycles. The molecule has 0 aliphatic carbocycles. The van der Waals surface area contributed by atoms with E-state index in [1.165, 1.54) is 0 Å². The third kappa shape index (κ3) is 3.07. The second-order valence-corrected chi connectivity index (χ2v) is 5.45. The van der Waals surface area contributed by atoms with Crippen LogP contribution in [0, 0.1) is 12.8 Å². The van der Waals surface area contributed by atoms with Gasteiger partial charge in [0.15, 0.2) is 5.69 Å². The van der Waals surface area contributed by atoms with Gasteiger partial charge in [0.2, 0.25) is 0 Å². The molecule has 112 valence electrons. The molecule has 5 nitrogen and oxygen atoms in total. The van der Waals surface area contributed by atoms with E-state index >= 15 is 0 Å². The first-order valence-electron chi connectivity index (χ1n) is 6.89. The molecule has 0 saturated carbocycles. The quantitative estimate of drug-likeness (QED) is 0.917. The van der Waals surface area contributed by atoms with Gasteiger partial charge in [0.25, 0.3) is 0 Å². The number of ether oxygens (including phenoxy) is 1. The van der Waals surface area contributed by atoms with Crippen LogP contribution in [0.4, 0.5) is 0 Å². The molecule has 0 aliphatic heterocycles. The average molecular weight is 288 g/mol.